The first kappa shape index (κ1) is 20.8. The van der Waals surface area contributed by atoms with Crippen molar-refractivity contribution in [1.29, 1.82) is 0 Å². The van der Waals surface area contributed by atoms with Gasteiger partial charge in [0.15, 0.2) is 0 Å². The van der Waals surface area contributed by atoms with Crippen molar-refractivity contribution in [2.24, 2.45) is 0 Å². The monoisotopic (exact) mass is 448 g/mol. The molecule has 2 fully saturated rings. The van der Waals surface area contributed by atoms with Crippen LogP contribution in [-0.2, 0) is 33.8 Å². The van der Waals surface area contributed by atoms with Gasteiger partial charge in [0.1, 0.15) is 13.2 Å². The van der Waals surface area contributed by atoms with Gasteiger partial charge in [0.2, 0.25) is 0 Å². The molecule has 0 bridgehead atoms. The fourth-order valence-corrected chi connectivity index (χ4v) is 5.55. The Bertz CT molecular complexity index is 1130. The summed E-state index contributed by atoms with van der Waals surface area (Å²) in [5, 5.41) is 0. The largest absolute Gasteiger partial charge is 0.457 e. The van der Waals surface area contributed by atoms with Gasteiger partial charge in [0.25, 0.3) is 0 Å². The summed E-state index contributed by atoms with van der Waals surface area (Å²) in [6, 6.07) is 10.3. The third-order valence-corrected chi connectivity index (χ3v) is 7.63. The molecule has 0 N–H and O–H groups in total. The zero-order chi connectivity index (χ0) is 22.5. The van der Waals surface area contributed by atoms with Gasteiger partial charge in [0.05, 0.1) is 23.8 Å². The van der Waals surface area contributed by atoms with E-state index in [0.717, 1.165) is 61.4 Å². The Kier molecular flexibility index (Phi) is 5.20. The number of esters is 2. The van der Waals surface area contributed by atoms with Gasteiger partial charge < -0.3 is 19.1 Å². The lowest BCUT2D eigenvalue weighted by Crippen LogP contribution is -2.58. The number of carbonyl (C=O) groups is 2. The maximum absolute atomic E-state index is 11.8. The first-order valence-electron chi connectivity index (χ1n) is 11.7. The Morgan fingerprint density at radius 3 is 2.70 bits per heavy atom. The highest BCUT2D eigenvalue weighted by molar-refractivity contribution is 5.94. The zero-order valence-corrected chi connectivity index (χ0v) is 18.8. The molecule has 0 radical (unpaired) electrons. The predicted molar refractivity (Wildman–Crippen MR) is 120 cm³/mol. The molecule has 6 rings (SSSR count). The second-order valence-corrected chi connectivity index (χ2v) is 9.47. The standard InChI is InChI=1S/C26H28N2O5/c1-16-17(2-5-22-23(16)15-33-26(22)30)6-7-27-8-9-28-12-24(31-14-20(28)11-27)18-3-4-21-19(10-18)13-32-25(21)29/h2-5,10,20,24H,6-9,11-15H2,1H3/t20-,24-/m0/s1. The number of piperazine rings is 1. The van der Waals surface area contributed by atoms with Crippen LogP contribution in [0.1, 0.15) is 54.6 Å². The first-order chi connectivity index (χ1) is 16.1. The van der Waals surface area contributed by atoms with E-state index in [2.05, 4.69) is 28.9 Å². The lowest BCUT2D eigenvalue weighted by Gasteiger charge is -2.46. The minimum absolute atomic E-state index is 0.0350. The Balaban J connectivity index is 1.06. The molecule has 2 aromatic rings. The van der Waals surface area contributed by atoms with Crippen molar-refractivity contribution in [3.05, 3.63) is 69.3 Å². The highest BCUT2D eigenvalue weighted by Crippen LogP contribution is 2.31. The maximum Gasteiger partial charge on any atom is 0.338 e. The molecule has 4 aliphatic rings. The molecule has 4 aliphatic heterocycles. The Morgan fingerprint density at radius 1 is 0.970 bits per heavy atom. The number of rotatable bonds is 4. The topological polar surface area (TPSA) is 68.3 Å². The quantitative estimate of drug-likeness (QED) is 0.666. The first-order valence-corrected chi connectivity index (χ1v) is 11.7. The van der Waals surface area contributed by atoms with Crippen molar-refractivity contribution >= 4 is 11.9 Å². The molecule has 0 spiro atoms. The average Bonchev–Trinajstić information content (AvgIpc) is 3.41. The lowest BCUT2D eigenvalue weighted by molar-refractivity contribution is -0.0901. The molecule has 172 valence electrons. The number of hydrogen-bond acceptors (Lipinski definition) is 7. The molecule has 0 aromatic heterocycles. The molecule has 33 heavy (non-hydrogen) atoms. The van der Waals surface area contributed by atoms with E-state index in [0.29, 0.717) is 31.4 Å². The molecule has 7 nitrogen and oxygen atoms in total. The van der Waals surface area contributed by atoms with Gasteiger partial charge >= 0.3 is 11.9 Å². The molecule has 2 saturated heterocycles. The second-order valence-electron chi connectivity index (χ2n) is 9.47. The smallest absolute Gasteiger partial charge is 0.338 e. The van der Waals surface area contributed by atoms with Crippen LogP contribution < -0.4 is 0 Å². The van der Waals surface area contributed by atoms with Gasteiger partial charge in [-0.15, -0.1) is 0 Å². The van der Waals surface area contributed by atoms with Crippen LogP contribution in [0.4, 0.5) is 0 Å². The molecular weight excluding hydrogens is 420 g/mol. The van der Waals surface area contributed by atoms with E-state index < -0.39 is 0 Å². The number of benzene rings is 2. The van der Waals surface area contributed by atoms with Gasteiger partial charge in [-0.05, 0) is 48.2 Å². The van der Waals surface area contributed by atoms with Crippen LogP contribution in [0, 0.1) is 6.92 Å². The fraction of sp³-hybridized carbons (Fsp3) is 0.462. The molecule has 2 aromatic carbocycles. The van der Waals surface area contributed by atoms with Crippen molar-refractivity contribution in [2.75, 3.05) is 39.3 Å². The minimum atomic E-state index is -0.228. The Morgan fingerprint density at radius 2 is 1.79 bits per heavy atom. The van der Waals surface area contributed by atoms with Crippen LogP contribution in [0.5, 0.6) is 0 Å². The van der Waals surface area contributed by atoms with Crippen LogP contribution in [0.2, 0.25) is 0 Å². The van der Waals surface area contributed by atoms with Crippen molar-refractivity contribution in [2.45, 2.75) is 38.7 Å². The van der Waals surface area contributed by atoms with E-state index in [1.54, 1.807) is 0 Å². The van der Waals surface area contributed by atoms with Crippen LogP contribution in [0.3, 0.4) is 0 Å². The van der Waals surface area contributed by atoms with Gasteiger partial charge in [0, 0.05) is 49.9 Å². The highest BCUT2D eigenvalue weighted by Gasteiger charge is 2.35. The van der Waals surface area contributed by atoms with E-state index in [-0.39, 0.29) is 18.0 Å². The van der Waals surface area contributed by atoms with E-state index in [1.807, 2.05) is 18.2 Å². The molecule has 0 amide bonds. The normalized spacial score (nSPS) is 24.8. The number of hydrogen-bond donors (Lipinski definition) is 0. The van der Waals surface area contributed by atoms with Gasteiger partial charge in [-0.1, -0.05) is 12.1 Å². The number of nitrogens with zero attached hydrogens (tertiary/aromatic N) is 2. The van der Waals surface area contributed by atoms with Crippen molar-refractivity contribution in [3.63, 3.8) is 0 Å². The van der Waals surface area contributed by atoms with Crippen LogP contribution in [0.15, 0.2) is 30.3 Å². The Hall–Kier alpha value is -2.74. The Labute approximate surface area is 193 Å². The number of fused-ring (bicyclic) bond motifs is 3. The van der Waals surface area contributed by atoms with Gasteiger partial charge in [-0.2, -0.15) is 0 Å². The van der Waals surface area contributed by atoms with Crippen LogP contribution >= 0.6 is 0 Å². The molecule has 7 heteroatoms. The van der Waals surface area contributed by atoms with Crippen molar-refractivity contribution in [3.8, 4) is 0 Å². The zero-order valence-electron chi connectivity index (χ0n) is 18.8. The van der Waals surface area contributed by atoms with E-state index >= 15 is 0 Å². The number of morpholine rings is 1. The summed E-state index contributed by atoms with van der Waals surface area (Å²) in [5.41, 5.74) is 7.04. The van der Waals surface area contributed by atoms with Gasteiger partial charge in [-0.3, -0.25) is 4.90 Å². The molecule has 2 atom stereocenters. The third kappa shape index (κ3) is 3.74. The summed E-state index contributed by atoms with van der Waals surface area (Å²) in [7, 11) is 0. The van der Waals surface area contributed by atoms with E-state index in [4.69, 9.17) is 14.2 Å². The summed E-state index contributed by atoms with van der Waals surface area (Å²) in [5.74, 6) is -0.428. The molecule has 0 unspecified atom stereocenters. The van der Waals surface area contributed by atoms with Crippen LogP contribution in [0.25, 0.3) is 0 Å². The summed E-state index contributed by atoms with van der Waals surface area (Å²) in [6.45, 7) is 8.54. The molecule has 0 aliphatic carbocycles. The van der Waals surface area contributed by atoms with Crippen LogP contribution in [-0.4, -0.2) is 67.1 Å². The van der Waals surface area contributed by atoms with E-state index in [1.165, 1.54) is 11.1 Å². The number of ether oxygens (including phenoxy) is 3. The SMILES string of the molecule is Cc1c(CCN2CCN3C[C@@H](c4ccc5c(c4)COC5=O)OC[C@@H]3C2)ccc2c1COC2=O. The third-order valence-electron chi connectivity index (χ3n) is 7.63. The lowest BCUT2D eigenvalue weighted by atomic mass is 9.96. The summed E-state index contributed by atoms with van der Waals surface area (Å²) < 4.78 is 16.6. The number of carbonyl (C=O) groups excluding carboxylic acids is 2. The molecule has 0 saturated carbocycles. The molecule has 4 heterocycles. The number of cyclic esters (lactones) is 2. The highest BCUT2D eigenvalue weighted by atomic mass is 16.5. The maximum atomic E-state index is 11.8. The van der Waals surface area contributed by atoms with Crippen molar-refractivity contribution in [1.82, 2.24) is 9.80 Å². The van der Waals surface area contributed by atoms with E-state index in [9.17, 15) is 9.59 Å². The molecular formula is C26H28N2O5. The fourth-order valence-electron chi connectivity index (χ4n) is 5.55. The summed E-state index contributed by atoms with van der Waals surface area (Å²) in [4.78, 5) is 28.6. The summed E-state index contributed by atoms with van der Waals surface area (Å²) in [6.07, 6.45) is 1.01. The second kappa shape index (κ2) is 8.24. The average molecular weight is 449 g/mol. The van der Waals surface area contributed by atoms with Crippen molar-refractivity contribution < 1.29 is 23.8 Å². The predicted octanol–water partition coefficient (Wildman–Crippen LogP) is 2.64. The summed E-state index contributed by atoms with van der Waals surface area (Å²) >= 11 is 0. The van der Waals surface area contributed by atoms with Gasteiger partial charge in [-0.25, -0.2) is 9.59 Å². The minimum Gasteiger partial charge on any atom is -0.457 e.